The molecule has 0 saturated heterocycles. The molecule has 0 aromatic heterocycles. The van der Waals surface area contributed by atoms with Gasteiger partial charge in [0.15, 0.2) is 0 Å². The van der Waals surface area contributed by atoms with Crippen molar-refractivity contribution < 1.29 is 9.18 Å². The highest BCUT2D eigenvalue weighted by molar-refractivity contribution is 6.53. The molecular formula is C20H18Cl5FN2O. The summed E-state index contributed by atoms with van der Waals surface area (Å²) in [6.07, 6.45) is 0.968. The van der Waals surface area contributed by atoms with E-state index in [0.29, 0.717) is 33.4 Å². The van der Waals surface area contributed by atoms with E-state index in [-0.39, 0.29) is 5.02 Å². The van der Waals surface area contributed by atoms with Crippen LogP contribution in [0.25, 0.3) is 0 Å². The molecule has 29 heavy (non-hydrogen) atoms. The molecule has 156 valence electrons. The second-order valence-corrected chi connectivity index (χ2v) is 9.49. The van der Waals surface area contributed by atoms with E-state index in [1.165, 1.54) is 18.2 Å². The highest BCUT2D eigenvalue weighted by Gasteiger charge is 2.67. The second kappa shape index (κ2) is 9.17. The molecule has 0 heterocycles. The Labute approximate surface area is 193 Å². The van der Waals surface area contributed by atoms with Crippen molar-refractivity contribution in [2.75, 3.05) is 11.9 Å². The minimum atomic E-state index is -1.32. The lowest BCUT2D eigenvalue weighted by Gasteiger charge is -2.13. The van der Waals surface area contributed by atoms with Crippen LogP contribution in [0.1, 0.15) is 30.4 Å². The van der Waals surface area contributed by atoms with Crippen LogP contribution in [0.4, 0.5) is 10.1 Å². The molecule has 0 aliphatic heterocycles. The van der Waals surface area contributed by atoms with Crippen molar-refractivity contribution in [1.29, 1.82) is 0 Å². The molecule has 0 radical (unpaired) electrons. The average Bonchev–Trinajstić information content (AvgIpc) is 3.25. The number of nitrogens with one attached hydrogen (secondary N) is 2. The molecule has 3 rings (SSSR count). The fraction of sp³-hybridized carbons (Fsp3) is 0.350. The Balaban J connectivity index is 1.78. The quantitative estimate of drug-likeness (QED) is 0.325. The number of amides is 1. The number of carbonyl (C=O) groups excluding carboxylic acids is 1. The number of hydrogen-bond donors (Lipinski definition) is 2. The lowest BCUT2D eigenvalue weighted by atomic mass is 10.1. The molecule has 2 aromatic rings. The summed E-state index contributed by atoms with van der Waals surface area (Å²) in [7, 11) is 0. The van der Waals surface area contributed by atoms with Crippen molar-refractivity contribution in [3.05, 3.63) is 62.3 Å². The summed E-state index contributed by atoms with van der Waals surface area (Å²) in [5.41, 5.74) is 1.70. The fourth-order valence-corrected chi connectivity index (χ4v) is 4.80. The molecule has 1 aliphatic carbocycles. The van der Waals surface area contributed by atoms with Crippen LogP contribution < -0.4 is 10.6 Å². The smallest absolute Gasteiger partial charge is 0.231 e. The van der Waals surface area contributed by atoms with Crippen LogP contribution in [-0.2, 0) is 11.3 Å². The van der Waals surface area contributed by atoms with Gasteiger partial charge < -0.3 is 10.6 Å². The van der Waals surface area contributed by atoms with Gasteiger partial charge in [0.25, 0.3) is 0 Å². The molecule has 2 N–H and O–H groups in total. The largest absolute Gasteiger partial charge is 0.324 e. The molecule has 1 aliphatic rings. The Hall–Kier alpha value is -0.750. The SMILES string of the molecule is CCCNCc1c(Cl)ccc(NC(=O)[C@H]2[C@H](c3ccc(F)c(Cl)c3)C2(Cl)Cl)c1Cl. The van der Waals surface area contributed by atoms with Gasteiger partial charge in [-0.1, -0.05) is 47.8 Å². The van der Waals surface area contributed by atoms with Crippen LogP contribution in [0.15, 0.2) is 30.3 Å². The molecule has 0 unspecified atom stereocenters. The zero-order valence-electron chi connectivity index (χ0n) is 15.3. The first-order valence-corrected chi connectivity index (χ1v) is 10.9. The van der Waals surface area contributed by atoms with Crippen molar-refractivity contribution in [2.45, 2.75) is 30.1 Å². The second-order valence-electron chi connectivity index (χ2n) is 6.86. The molecule has 0 bridgehead atoms. The van der Waals surface area contributed by atoms with Gasteiger partial charge >= 0.3 is 0 Å². The van der Waals surface area contributed by atoms with Gasteiger partial charge in [0.2, 0.25) is 5.91 Å². The number of carbonyl (C=O) groups is 1. The number of rotatable bonds is 7. The number of anilines is 1. The standard InChI is InChI=1S/C20H18Cl5FN2O/c1-2-7-27-9-11-12(21)4-6-15(18(11)23)28-19(29)17-16(20(17,24)25)10-3-5-14(26)13(22)8-10/h3-6,8,16-17,27H,2,7,9H2,1H3,(H,28,29)/t16-,17+/m0/s1. The highest BCUT2D eigenvalue weighted by atomic mass is 35.5. The predicted octanol–water partition coefficient (Wildman–Crippen LogP) is 6.81. The number of hydrogen-bond acceptors (Lipinski definition) is 2. The van der Waals surface area contributed by atoms with E-state index in [1.807, 2.05) is 0 Å². The highest BCUT2D eigenvalue weighted by Crippen LogP contribution is 2.65. The van der Waals surface area contributed by atoms with Crippen molar-refractivity contribution >= 4 is 69.6 Å². The summed E-state index contributed by atoms with van der Waals surface area (Å²) in [5, 5.41) is 6.82. The summed E-state index contributed by atoms with van der Waals surface area (Å²) in [4.78, 5) is 12.8. The fourth-order valence-electron chi connectivity index (χ4n) is 3.23. The first-order valence-electron chi connectivity index (χ1n) is 8.99. The molecule has 1 fully saturated rings. The average molecular weight is 499 g/mol. The molecule has 1 saturated carbocycles. The summed E-state index contributed by atoms with van der Waals surface area (Å²) >= 11 is 31.2. The van der Waals surface area contributed by atoms with Crippen molar-refractivity contribution in [3.63, 3.8) is 0 Å². The van der Waals surface area contributed by atoms with Gasteiger partial charge in [0, 0.05) is 23.0 Å². The van der Waals surface area contributed by atoms with Gasteiger partial charge in [-0.05, 0) is 42.8 Å². The molecule has 9 heteroatoms. The van der Waals surface area contributed by atoms with Crippen molar-refractivity contribution in [1.82, 2.24) is 5.32 Å². The van der Waals surface area contributed by atoms with Crippen LogP contribution in [0, 0.1) is 11.7 Å². The van der Waals surface area contributed by atoms with Gasteiger partial charge in [0.05, 0.1) is 21.7 Å². The summed E-state index contributed by atoms with van der Waals surface area (Å²) in [6, 6.07) is 7.47. The van der Waals surface area contributed by atoms with Crippen molar-refractivity contribution in [3.8, 4) is 0 Å². The summed E-state index contributed by atoms with van der Waals surface area (Å²) in [5.74, 6) is -2.19. The minimum Gasteiger partial charge on any atom is -0.324 e. The summed E-state index contributed by atoms with van der Waals surface area (Å²) in [6.45, 7) is 3.34. The third kappa shape index (κ3) is 4.79. The molecule has 1 amide bonds. The maximum atomic E-state index is 13.4. The topological polar surface area (TPSA) is 41.1 Å². The van der Waals surface area contributed by atoms with Crippen molar-refractivity contribution in [2.24, 2.45) is 5.92 Å². The lowest BCUT2D eigenvalue weighted by molar-refractivity contribution is -0.117. The van der Waals surface area contributed by atoms with E-state index < -0.39 is 27.9 Å². The third-order valence-electron chi connectivity index (χ3n) is 4.81. The van der Waals surface area contributed by atoms with Gasteiger partial charge in [0.1, 0.15) is 10.2 Å². The van der Waals surface area contributed by atoms with Crippen LogP contribution in [0.3, 0.4) is 0 Å². The van der Waals surface area contributed by atoms with Gasteiger partial charge in [-0.3, -0.25) is 4.79 Å². The number of halogens is 6. The molecular weight excluding hydrogens is 480 g/mol. The monoisotopic (exact) mass is 496 g/mol. The summed E-state index contributed by atoms with van der Waals surface area (Å²) < 4.78 is 12.1. The molecule has 0 spiro atoms. The van der Waals surface area contributed by atoms with Gasteiger partial charge in [-0.25, -0.2) is 4.39 Å². The van der Waals surface area contributed by atoms with E-state index in [4.69, 9.17) is 58.0 Å². The van der Waals surface area contributed by atoms with E-state index in [2.05, 4.69) is 17.6 Å². The van der Waals surface area contributed by atoms with Crippen LogP contribution in [0.5, 0.6) is 0 Å². The van der Waals surface area contributed by atoms with E-state index in [0.717, 1.165) is 13.0 Å². The van der Waals surface area contributed by atoms with Crippen LogP contribution >= 0.6 is 58.0 Å². The lowest BCUT2D eigenvalue weighted by Crippen LogP contribution is -2.19. The number of benzene rings is 2. The zero-order valence-corrected chi connectivity index (χ0v) is 19.1. The maximum absolute atomic E-state index is 13.4. The molecule has 3 nitrogen and oxygen atoms in total. The first-order chi connectivity index (χ1) is 13.7. The Morgan fingerprint density at radius 3 is 2.52 bits per heavy atom. The normalized spacial score (nSPS) is 19.8. The van der Waals surface area contributed by atoms with E-state index in [1.54, 1.807) is 12.1 Å². The van der Waals surface area contributed by atoms with E-state index in [9.17, 15) is 9.18 Å². The van der Waals surface area contributed by atoms with Gasteiger partial charge in [-0.2, -0.15) is 0 Å². The van der Waals surface area contributed by atoms with E-state index >= 15 is 0 Å². The minimum absolute atomic E-state index is 0.0531. The molecule has 2 aromatic carbocycles. The Bertz CT molecular complexity index is 937. The zero-order chi connectivity index (χ0) is 21.3. The van der Waals surface area contributed by atoms with Crippen LogP contribution in [-0.4, -0.2) is 16.8 Å². The maximum Gasteiger partial charge on any atom is 0.231 e. The number of alkyl halides is 2. The Morgan fingerprint density at radius 1 is 1.14 bits per heavy atom. The first kappa shape index (κ1) is 22.9. The van der Waals surface area contributed by atoms with Gasteiger partial charge in [-0.15, -0.1) is 23.2 Å². The van der Waals surface area contributed by atoms with Crippen LogP contribution in [0.2, 0.25) is 15.1 Å². The predicted molar refractivity (Wildman–Crippen MR) is 119 cm³/mol. The Morgan fingerprint density at radius 2 is 1.86 bits per heavy atom. The Kier molecular flexibility index (Phi) is 7.25. The molecule has 2 atom stereocenters. The third-order valence-corrected chi connectivity index (χ3v) is 6.83.